The van der Waals surface area contributed by atoms with Crippen LogP contribution in [-0.2, 0) is 9.53 Å². The smallest absolute Gasteiger partial charge is 0.326 e. The Balaban J connectivity index is 0.00000121. The highest BCUT2D eigenvalue weighted by Crippen LogP contribution is 2.42. The maximum absolute atomic E-state index is 11.1. The predicted molar refractivity (Wildman–Crippen MR) is 47.7 cm³/mol. The maximum atomic E-state index is 11.1. The highest BCUT2D eigenvalue weighted by Gasteiger charge is 2.56. The van der Waals surface area contributed by atoms with E-state index in [1.54, 1.807) is 13.0 Å². The molecule has 1 aliphatic rings. The van der Waals surface area contributed by atoms with E-state index in [0.717, 1.165) is 0 Å². The number of rotatable bonds is 3. The molecule has 0 aromatic heterocycles. The average Bonchev–Trinajstić information content (AvgIpc) is 2.64. The van der Waals surface area contributed by atoms with Crippen LogP contribution < -0.4 is 5.73 Å². The molecule has 1 aliphatic carbocycles. The fourth-order valence-corrected chi connectivity index (χ4v) is 1.10. The molecule has 0 saturated heterocycles. The van der Waals surface area contributed by atoms with Crippen molar-refractivity contribution in [2.24, 2.45) is 11.7 Å². The highest BCUT2D eigenvalue weighted by atomic mass is 35.5. The van der Waals surface area contributed by atoms with Crippen molar-refractivity contribution in [1.82, 2.24) is 0 Å². The summed E-state index contributed by atoms with van der Waals surface area (Å²) in [6.45, 7) is 5.73. The summed E-state index contributed by atoms with van der Waals surface area (Å²) in [4.78, 5) is 11.1. The van der Waals surface area contributed by atoms with E-state index >= 15 is 0 Å². The lowest BCUT2D eigenvalue weighted by Crippen LogP contribution is -2.36. The van der Waals surface area contributed by atoms with Gasteiger partial charge in [0.2, 0.25) is 0 Å². The third kappa shape index (κ3) is 1.79. The molecular weight excluding hydrogens is 178 g/mol. The van der Waals surface area contributed by atoms with Crippen LogP contribution in [0.15, 0.2) is 12.7 Å². The average molecular weight is 191 g/mol. The summed E-state index contributed by atoms with van der Waals surface area (Å²) in [7, 11) is 0. The molecule has 0 aromatic rings. The number of hydrogen-bond acceptors (Lipinski definition) is 3. The van der Waals surface area contributed by atoms with E-state index in [1.807, 2.05) is 0 Å². The molecule has 3 nitrogen and oxygen atoms in total. The summed E-state index contributed by atoms with van der Waals surface area (Å²) in [5, 5.41) is 0. The molecule has 0 aliphatic heterocycles. The predicted octanol–water partition coefficient (Wildman–Crippen LogP) is 1.14. The van der Waals surface area contributed by atoms with Crippen LogP contribution in [0.4, 0.5) is 0 Å². The lowest BCUT2D eigenvalue weighted by Gasteiger charge is -2.07. The number of halogens is 1. The van der Waals surface area contributed by atoms with E-state index in [1.165, 1.54) is 0 Å². The molecule has 4 heteroatoms. The van der Waals surface area contributed by atoms with Gasteiger partial charge in [0.05, 0.1) is 6.61 Å². The van der Waals surface area contributed by atoms with Gasteiger partial charge in [0.1, 0.15) is 5.54 Å². The Labute approximate surface area is 78.4 Å². The van der Waals surface area contributed by atoms with Gasteiger partial charge in [-0.15, -0.1) is 6.58 Å². The Bertz CT molecular complexity index is 195. The normalized spacial score (nSPS) is 31.7. The standard InChI is InChI=1S/C8H13NO2.Cl/c1-3-6-5-8(6,9)7(10)11-4-2;/h3,6H,1,4-5,9H2,2H3;/t6-,8-;/m1./s1. The van der Waals surface area contributed by atoms with E-state index in [-0.39, 0.29) is 24.3 Å². The van der Waals surface area contributed by atoms with Crippen LogP contribution in [0.1, 0.15) is 13.3 Å². The molecule has 0 amide bonds. The third-order valence-electron chi connectivity index (χ3n) is 2.00. The first-order valence-corrected chi connectivity index (χ1v) is 3.73. The molecule has 12 heavy (non-hydrogen) atoms. The molecular formula is C8H13ClNO2. The zero-order valence-corrected chi connectivity index (χ0v) is 7.80. The minimum atomic E-state index is -0.752. The first-order valence-electron chi connectivity index (χ1n) is 3.73. The number of carbonyl (C=O) groups is 1. The van der Waals surface area contributed by atoms with E-state index in [4.69, 9.17) is 10.5 Å². The van der Waals surface area contributed by atoms with Gasteiger partial charge in [-0.1, -0.05) is 6.08 Å². The van der Waals surface area contributed by atoms with Crippen LogP contribution in [0, 0.1) is 5.92 Å². The van der Waals surface area contributed by atoms with Crippen molar-refractivity contribution in [2.75, 3.05) is 6.61 Å². The van der Waals surface area contributed by atoms with Crippen molar-refractivity contribution in [3.63, 3.8) is 0 Å². The summed E-state index contributed by atoms with van der Waals surface area (Å²) < 4.78 is 4.79. The number of nitrogens with two attached hydrogens (primary N) is 1. The molecule has 1 rings (SSSR count). The largest absolute Gasteiger partial charge is 0.465 e. The molecule has 0 unspecified atom stereocenters. The van der Waals surface area contributed by atoms with Crippen LogP contribution in [0.2, 0.25) is 0 Å². The molecule has 0 heterocycles. The van der Waals surface area contributed by atoms with Crippen molar-refractivity contribution in [1.29, 1.82) is 0 Å². The second-order valence-corrected chi connectivity index (χ2v) is 2.81. The zero-order chi connectivity index (χ0) is 8.48. The number of hydrogen-bond donors (Lipinski definition) is 1. The Hall–Kier alpha value is -0.540. The van der Waals surface area contributed by atoms with Crippen molar-refractivity contribution in [2.45, 2.75) is 18.9 Å². The fourth-order valence-electron chi connectivity index (χ4n) is 1.10. The van der Waals surface area contributed by atoms with Crippen LogP contribution >= 0.6 is 12.4 Å². The topological polar surface area (TPSA) is 52.3 Å². The third-order valence-corrected chi connectivity index (χ3v) is 2.00. The van der Waals surface area contributed by atoms with Gasteiger partial charge in [0.25, 0.3) is 0 Å². The monoisotopic (exact) mass is 190 g/mol. The number of esters is 1. The molecule has 2 N–H and O–H groups in total. The summed E-state index contributed by atoms with van der Waals surface area (Å²) in [5.74, 6) is -0.188. The molecule has 0 bridgehead atoms. The van der Waals surface area contributed by atoms with Crippen LogP contribution in [0.3, 0.4) is 0 Å². The van der Waals surface area contributed by atoms with Gasteiger partial charge < -0.3 is 10.5 Å². The van der Waals surface area contributed by atoms with Gasteiger partial charge in [0.15, 0.2) is 0 Å². The fraction of sp³-hybridized carbons (Fsp3) is 0.625. The Morgan fingerprint density at radius 1 is 1.92 bits per heavy atom. The van der Waals surface area contributed by atoms with Gasteiger partial charge in [-0.2, -0.15) is 0 Å². The van der Waals surface area contributed by atoms with Crippen molar-refractivity contribution in [3.8, 4) is 0 Å². The van der Waals surface area contributed by atoms with Gasteiger partial charge >= 0.3 is 5.97 Å². The second kappa shape index (κ2) is 3.92. The summed E-state index contributed by atoms with van der Waals surface area (Å²) in [6.07, 6.45) is 2.38. The highest BCUT2D eigenvalue weighted by molar-refractivity contribution is 5.85. The first-order chi connectivity index (χ1) is 5.15. The zero-order valence-electron chi connectivity index (χ0n) is 7.05. The van der Waals surface area contributed by atoms with Crippen molar-refractivity contribution < 1.29 is 9.53 Å². The molecule has 1 saturated carbocycles. The van der Waals surface area contributed by atoms with Gasteiger partial charge in [-0.25, -0.2) is 0 Å². The Morgan fingerprint density at radius 2 is 2.50 bits per heavy atom. The SMILES string of the molecule is C=C[C@@H]1C[C@]1(N)C(=O)OCC.[Cl]. The lowest BCUT2D eigenvalue weighted by atomic mass is 10.2. The first kappa shape index (κ1) is 11.5. The second-order valence-electron chi connectivity index (χ2n) is 2.81. The van der Waals surface area contributed by atoms with Gasteiger partial charge in [-0.05, 0) is 13.3 Å². The molecule has 0 aromatic carbocycles. The molecule has 2 atom stereocenters. The van der Waals surface area contributed by atoms with Gasteiger partial charge in [-0.3, -0.25) is 4.79 Å². The van der Waals surface area contributed by atoms with Crippen LogP contribution in [-0.4, -0.2) is 18.1 Å². The van der Waals surface area contributed by atoms with E-state index in [2.05, 4.69) is 6.58 Å². The Kier molecular flexibility index (Phi) is 3.74. The number of ether oxygens (including phenoxy) is 1. The van der Waals surface area contributed by atoms with Crippen molar-refractivity contribution in [3.05, 3.63) is 12.7 Å². The van der Waals surface area contributed by atoms with E-state index < -0.39 is 5.54 Å². The molecule has 1 radical (unpaired) electrons. The summed E-state index contributed by atoms with van der Waals surface area (Å²) >= 11 is 0. The van der Waals surface area contributed by atoms with E-state index in [0.29, 0.717) is 13.0 Å². The maximum Gasteiger partial charge on any atom is 0.326 e. The summed E-state index contributed by atoms with van der Waals surface area (Å²) in [6, 6.07) is 0. The summed E-state index contributed by atoms with van der Waals surface area (Å²) in [5.41, 5.74) is 4.93. The lowest BCUT2D eigenvalue weighted by molar-refractivity contribution is -0.146. The minimum Gasteiger partial charge on any atom is -0.465 e. The molecule has 0 spiro atoms. The van der Waals surface area contributed by atoms with Gasteiger partial charge in [0, 0.05) is 18.3 Å². The molecule has 69 valence electrons. The minimum absolute atomic E-state index is 0. The van der Waals surface area contributed by atoms with Crippen LogP contribution in [0.25, 0.3) is 0 Å². The Morgan fingerprint density at radius 3 is 2.83 bits per heavy atom. The molecule has 1 fully saturated rings. The quantitative estimate of drug-likeness (QED) is 0.537. The number of carbonyl (C=O) groups excluding carboxylic acids is 1. The van der Waals surface area contributed by atoms with E-state index in [9.17, 15) is 4.79 Å². The van der Waals surface area contributed by atoms with Crippen LogP contribution in [0.5, 0.6) is 0 Å². The van der Waals surface area contributed by atoms with Crippen molar-refractivity contribution >= 4 is 18.4 Å².